The number of ether oxygens (including phenoxy) is 1. The van der Waals surface area contributed by atoms with Crippen LogP contribution < -0.4 is 0 Å². The van der Waals surface area contributed by atoms with Crippen molar-refractivity contribution in [3.63, 3.8) is 0 Å². The molecular weight excluding hydrogens is 274 g/mol. The SMILES string of the molecule is O=S(=O)(c1ccc(CCCl)cc1)N1CCOCC1. The maximum absolute atomic E-state index is 12.3. The van der Waals surface area contributed by atoms with Crippen LogP contribution >= 0.6 is 11.6 Å². The maximum atomic E-state index is 12.3. The van der Waals surface area contributed by atoms with E-state index in [1.807, 2.05) is 12.1 Å². The van der Waals surface area contributed by atoms with Crippen molar-refractivity contribution in [1.82, 2.24) is 4.31 Å². The van der Waals surface area contributed by atoms with Crippen LogP contribution in [0, 0.1) is 0 Å². The van der Waals surface area contributed by atoms with E-state index in [4.69, 9.17) is 16.3 Å². The number of benzene rings is 1. The summed E-state index contributed by atoms with van der Waals surface area (Å²) in [4.78, 5) is 0.336. The maximum Gasteiger partial charge on any atom is 0.243 e. The van der Waals surface area contributed by atoms with Crippen molar-refractivity contribution in [2.24, 2.45) is 0 Å². The number of aryl methyl sites for hydroxylation is 1. The van der Waals surface area contributed by atoms with E-state index in [1.165, 1.54) is 4.31 Å². The van der Waals surface area contributed by atoms with Gasteiger partial charge in [-0.3, -0.25) is 0 Å². The predicted octanol–water partition coefficient (Wildman–Crippen LogP) is 1.49. The van der Waals surface area contributed by atoms with Crippen LogP contribution in [0.5, 0.6) is 0 Å². The molecule has 100 valence electrons. The topological polar surface area (TPSA) is 46.6 Å². The summed E-state index contributed by atoms with van der Waals surface area (Å²) in [7, 11) is -3.37. The highest BCUT2D eigenvalue weighted by molar-refractivity contribution is 7.89. The molecule has 18 heavy (non-hydrogen) atoms. The van der Waals surface area contributed by atoms with Gasteiger partial charge in [0.25, 0.3) is 0 Å². The molecule has 0 saturated carbocycles. The lowest BCUT2D eigenvalue weighted by molar-refractivity contribution is 0.0730. The minimum atomic E-state index is -3.37. The summed E-state index contributed by atoms with van der Waals surface area (Å²) in [6.07, 6.45) is 0.749. The van der Waals surface area contributed by atoms with E-state index < -0.39 is 10.0 Å². The van der Waals surface area contributed by atoms with Gasteiger partial charge in [0.1, 0.15) is 0 Å². The molecule has 6 heteroatoms. The lowest BCUT2D eigenvalue weighted by Gasteiger charge is -2.26. The van der Waals surface area contributed by atoms with E-state index in [9.17, 15) is 8.42 Å². The molecule has 2 rings (SSSR count). The molecule has 1 aliphatic rings. The van der Waals surface area contributed by atoms with Gasteiger partial charge < -0.3 is 4.74 Å². The van der Waals surface area contributed by atoms with Crippen molar-refractivity contribution < 1.29 is 13.2 Å². The van der Waals surface area contributed by atoms with Crippen molar-refractivity contribution in [1.29, 1.82) is 0 Å². The largest absolute Gasteiger partial charge is 0.379 e. The molecule has 0 aliphatic carbocycles. The summed E-state index contributed by atoms with van der Waals surface area (Å²) in [5.74, 6) is 0.537. The van der Waals surface area contributed by atoms with Gasteiger partial charge in [-0.25, -0.2) is 8.42 Å². The fourth-order valence-electron chi connectivity index (χ4n) is 1.87. The number of alkyl halides is 1. The second-order valence-electron chi connectivity index (χ2n) is 4.10. The van der Waals surface area contributed by atoms with Gasteiger partial charge in [-0.05, 0) is 24.1 Å². The van der Waals surface area contributed by atoms with Crippen LogP contribution in [0.4, 0.5) is 0 Å². The van der Waals surface area contributed by atoms with E-state index in [2.05, 4.69) is 0 Å². The molecule has 0 spiro atoms. The third-order valence-corrected chi connectivity index (χ3v) is 5.02. The zero-order valence-corrected chi connectivity index (χ0v) is 11.6. The zero-order chi connectivity index (χ0) is 13.0. The van der Waals surface area contributed by atoms with Gasteiger partial charge in [-0.1, -0.05) is 12.1 Å². The predicted molar refractivity (Wildman–Crippen MR) is 70.4 cm³/mol. The molecule has 0 unspecified atom stereocenters. The zero-order valence-electron chi connectivity index (χ0n) is 10.0. The molecule has 1 heterocycles. The first kappa shape index (κ1) is 13.8. The van der Waals surface area contributed by atoms with E-state index in [1.54, 1.807) is 12.1 Å². The van der Waals surface area contributed by atoms with Crippen molar-refractivity contribution in [2.75, 3.05) is 32.2 Å². The molecule has 1 aromatic carbocycles. The Labute approximate surface area is 113 Å². The average molecular weight is 290 g/mol. The van der Waals surface area contributed by atoms with Crippen molar-refractivity contribution in [2.45, 2.75) is 11.3 Å². The molecule has 1 aromatic rings. The molecule has 1 aliphatic heterocycles. The first-order valence-electron chi connectivity index (χ1n) is 5.87. The Bertz CT molecular complexity index is 481. The third-order valence-electron chi connectivity index (χ3n) is 2.91. The number of hydrogen-bond acceptors (Lipinski definition) is 3. The Morgan fingerprint density at radius 1 is 1.17 bits per heavy atom. The molecule has 1 saturated heterocycles. The number of morpholine rings is 1. The molecule has 0 atom stereocenters. The Hall–Kier alpha value is -0.620. The number of nitrogens with zero attached hydrogens (tertiary/aromatic N) is 1. The highest BCUT2D eigenvalue weighted by atomic mass is 35.5. The van der Waals surface area contributed by atoms with Gasteiger partial charge in [-0.2, -0.15) is 4.31 Å². The van der Waals surface area contributed by atoms with E-state index >= 15 is 0 Å². The summed E-state index contributed by atoms with van der Waals surface area (Å²) < 4.78 is 31.2. The highest BCUT2D eigenvalue weighted by Gasteiger charge is 2.25. The smallest absolute Gasteiger partial charge is 0.243 e. The summed E-state index contributed by atoms with van der Waals surface area (Å²) in [5, 5.41) is 0. The van der Waals surface area contributed by atoms with Crippen LogP contribution in [-0.4, -0.2) is 44.9 Å². The van der Waals surface area contributed by atoms with Crippen molar-refractivity contribution in [3.8, 4) is 0 Å². The Morgan fingerprint density at radius 3 is 2.33 bits per heavy atom. The second kappa shape index (κ2) is 6.02. The molecular formula is C12H16ClNO3S. The molecule has 1 fully saturated rings. The minimum Gasteiger partial charge on any atom is -0.379 e. The summed E-state index contributed by atoms with van der Waals surface area (Å²) in [6.45, 7) is 1.77. The third kappa shape index (κ3) is 3.03. The molecule has 0 aromatic heterocycles. The van der Waals surface area contributed by atoms with Crippen LogP contribution in [0.15, 0.2) is 29.2 Å². The lowest BCUT2D eigenvalue weighted by atomic mass is 10.2. The Kier molecular flexibility index (Phi) is 4.61. The number of halogens is 1. The fourth-order valence-corrected chi connectivity index (χ4v) is 3.50. The summed E-state index contributed by atoms with van der Waals surface area (Å²) >= 11 is 5.65. The highest BCUT2D eigenvalue weighted by Crippen LogP contribution is 2.17. The monoisotopic (exact) mass is 289 g/mol. The van der Waals surface area contributed by atoms with E-state index in [0.29, 0.717) is 37.1 Å². The molecule has 4 nitrogen and oxygen atoms in total. The van der Waals surface area contributed by atoms with Crippen molar-refractivity contribution >= 4 is 21.6 Å². The lowest BCUT2D eigenvalue weighted by Crippen LogP contribution is -2.40. The van der Waals surface area contributed by atoms with Gasteiger partial charge in [0.2, 0.25) is 10.0 Å². The van der Waals surface area contributed by atoms with Crippen LogP contribution in [0.25, 0.3) is 0 Å². The van der Waals surface area contributed by atoms with Crippen LogP contribution in [0.1, 0.15) is 5.56 Å². The van der Waals surface area contributed by atoms with Gasteiger partial charge in [0.05, 0.1) is 18.1 Å². The Morgan fingerprint density at radius 2 is 1.78 bits per heavy atom. The standard InChI is InChI=1S/C12H16ClNO3S/c13-6-5-11-1-3-12(4-2-11)18(15,16)14-7-9-17-10-8-14/h1-4H,5-10H2. The molecule has 0 amide bonds. The number of rotatable bonds is 4. The van der Waals surface area contributed by atoms with E-state index in [0.717, 1.165) is 12.0 Å². The van der Waals surface area contributed by atoms with E-state index in [-0.39, 0.29) is 0 Å². The number of sulfonamides is 1. The minimum absolute atomic E-state index is 0.336. The Balaban J connectivity index is 2.18. The van der Waals surface area contributed by atoms with Crippen LogP contribution in [-0.2, 0) is 21.2 Å². The first-order valence-corrected chi connectivity index (χ1v) is 7.85. The molecule has 0 N–H and O–H groups in total. The average Bonchev–Trinajstić information content (AvgIpc) is 2.41. The first-order chi connectivity index (χ1) is 8.64. The summed E-state index contributed by atoms with van der Waals surface area (Å²) in [6, 6.07) is 6.92. The van der Waals surface area contributed by atoms with Gasteiger partial charge in [0.15, 0.2) is 0 Å². The quantitative estimate of drug-likeness (QED) is 0.789. The normalized spacial score (nSPS) is 17.8. The van der Waals surface area contributed by atoms with Crippen LogP contribution in [0.2, 0.25) is 0 Å². The molecule has 0 radical (unpaired) electrons. The van der Waals surface area contributed by atoms with Crippen molar-refractivity contribution in [3.05, 3.63) is 29.8 Å². The van der Waals surface area contributed by atoms with Gasteiger partial charge in [-0.15, -0.1) is 11.6 Å². The fraction of sp³-hybridized carbons (Fsp3) is 0.500. The van der Waals surface area contributed by atoms with Crippen LogP contribution in [0.3, 0.4) is 0 Å². The number of hydrogen-bond donors (Lipinski definition) is 0. The van der Waals surface area contributed by atoms with Gasteiger partial charge in [0, 0.05) is 19.0 Å². The van der Waals surface area contributed by atoms with Gasteiger partial charge >= 0.3 is 0 Å². The summed E-state index contributed by atoms with van der Waals surface area (Å²) in [5.41, 5.74) is 1.05. The second-order valence-corrected chi connectivity index (χ2v) is 6.42. The molecule has 0 bridgehead atoms.